The summed E-state index contributed by atoms with van der Waals surface area (Å²) >= 11 is 0. The minimum Gasteiger partial charge on any atom is -0.315 e. The van der Waals surface area contributed by atoms with Gasteiger partial charge in [-0.3, -0.25) is 4.79 Å². The number of nitrogens with zero attached hydrogens (tertiary/aromatic N) is 1. The fourth-order valence-electron chi connectivity index (χ4n) is 2.11. The van der Waals surface area contributed by atoms with Crippen LogP contribution < -0.4 is 10.9 Å². The predicted octanol–water partition coefficient (Wildman–Crippen LogP) is 2.08. The fraction of sp³-hybridized carbons (Fsp3) is 0.333. The number of hydrogen-bond acceptors (Lipinski definition) is 3. The summed E-state index contributed by atoms with van der Waals surface area (Å²) in [5.74, 6) is 0.642. The molecule has 0 atom stereocenters. The number of aromatic nitrogens is 2. The van der Waals surface area contributed by atoms with Gasteiger partial charge in [0.25, 0.3) is 5.56 Å². The van der Waals surface area contributed by atoms with E-state index in [1.165, 1.54) is 0 Å². The lowest BCUT2D eigenvalue weighted by molar-refractivity contribution is 0.787. The molecule has 2 rings (SSSR count). The maximum Gasteiger partial charge on any atom is 0.255 e. The van der Waals surface area contributed by atoms with Crippen molar-refractivity contribution >= 4 is 0 Å². The van der Waals surface area contributed by atoms with E-state index in [-0.39, 0.29) is 5.56 Å². The van der Waals surface area contributed by atoms with Crippen LogP contribution in [0.2, 0.25) is 0 Å². The molecule has 100 valence electrons. The van der Waals surface area contributed by atoms with Gasteiger partial charge in [-0.1, -0.05) is 17.7 Å². The Balaban J connectivity index is 2.58. The van der Waals surface area contributed by atoms with E-state index in [9.17, 15) is 4.79 Å². The third kappa shape index (κ3) is 2.74. The van der Waals surface area contributed by atoms with Crippen molar-refractivity contribution in [1.29, 1.82) is 0 Å². The molecule has 0 saturated heterocycles. The van der Waals surface area contributed by atoms with E-state index >= 15 is 0 Å². The Morgan fingerprint density at radius 2 is 2.00 bits per heavy atom. The summed E-state index contributed by atoms with van der Waals surface area (Å²) in [6.45, 7) is 6.45. The van der Waals surface area contributed by atoms with Gasteiger partial charge in [-0.15, -0.1) is 0 Å². The molecule has 0 spiro atoms. The minimum absolute atomic E-state index is 0.0715. The first-order chi connectivity index (χ1) is 9.02. The quantitative estimate of drug-likeness (QED) is 0.885. The van der Waals surface area contributed by atoms with Gasteiger partial charge in [-0.25, -0.2) is 4.98 Å². The summed E-state index contributed by atoms with van der Waals surface area (Å²) in [5.41, 5.74) is 4.63. The van der Waals surface area contributed by atoms with E-state index in [0.29, 0.717) is 17.9 Å². The topological polar surface area (TPSA) is 57.8 Å². The number of rotatable bonds is 3. The van der Waals surface area contributed by atoms with Crippen LogP contribution in [0, 0.1) is 20.8 Å². The molecule has 1 heterocycles. The summed E-state index contributed by atoms with van der Waals surface area (Å²) in [6, 6.07) is 6.14. The van der Waals surface area contributed by atoms with Crippen molar-refractivity contribution < 1.29 is 0 Å². The normalized spacial score (nSPS) is 10.7. The largest absolute Gasteiger partial charge is 0.315 e. The van der Waals surface area contributed by atoms with Crippen molar-refractivity contribution in [2.45, 2.75) is 27.3 Å². The average molecular weight is 257 g/mol. The molecule has 0 radical (unpaired) electrons. The third-order valence-electron chi connectivity index (χ3n) is 3.22. The molecule has 0 saturated carbocycles. The molecule has 1 aromatic carbocycles. The van der Waals surface area contributed by atoms with Crippen molar-refractivity contribution in [3.63, 3.8) is 0 Å². The number of benzene rings is 1. The minimum atomic E-state index is -0.0715. The standard InChI is InChI=1S/C15H19N3O/c1-9-5-6-10(2)12(7-9)14-17-11(3)13(8-16-4)15(19)18-14/h5-7,16H,8H2,1-4H3,(H,17,18,19). The van der Waals surface area contributed by atoms with Crippen LogP contribution in [-0.2, 0) is 6.54 Å². The van der Waals surface area contributed by atoms with Crippen LogP contribution >= 0.6 is 0 Å². The first-order valence-electron chi connectivity index (χ1n) is 6.35. The van der Waals surface area contributed by atoms with Crippen molar-refractivity contribution in [3.8, 4) is 11.4 Å². The van der Waals surface area contributed by atoms with Gasteiger partial charge in [0, 0.05) is 17.8 Å². The average Bonchev–Trinajstić information content (AvgIpc) is 2.36. The lowest BCUT2D eigenvalue weighted by atomic mass is 10.0. The molecule has 2 N–H and O–H groups in total. The monoisotopic (exact) mass is 257 g/mol. The molecule has 0 aliphatic rings. The molecule has 19 heavy (non-hydrogen) atoms. The zero-order valence-electron chi connectivity index (χ0n) is 11.8. The fourth-order valence-corrected chi connectivity index (χ4v) is 2.11. The Hall–Kier alpha value is -1.94. The number of H-pyrrole nitrogens is 1. The number of hydrogen-bond donors (Lipinski definition) is 2. The maximum absolute atomic E-state index is 12.1. The predicted molar refractivity (Wildman–Crippen MR) is 77.3 cm³/mol. The second-order valence-corrected chi connectivity index (χ2v) is 4.83. The molecule has 0 aliphatic heterocycles. The molecule has 0 fully saturated rings. The highest BCUT2D eigenvalue weighted by molar-refractivity contribution is 5.61. The zero-order valence-corrected chi connectivity index (χ0v) is 11.8. The lowest BCUT2D eigenvalue weighted by Crippen LogP contribution is -2.22. The van der Waals surface area contributed by atoms with Crippen molar-refractivity contribution in [2.75, 3.05) is 7.05 Å². The Bertz CT molecular complexity index is 659. The third-order valence-corrected chi connectivity index (χ3v) is 3.22. The van der Waals surface area contributed by atoms with Gasteiger partial charge in [0.2, 0.25) is 0 Å². The molecular formula is C15H19N3O. The Morgan fingerprint density at radius 1 is 1.26 bits per heavy atom. The summed E-state index contributed by atoms with van der Waals surface area (Å²) in [6.07, 6.45) is 0. The van der Waals surface area contributed by atoms with Crippen LogP contribution in [0.4, 0.5) is 0 Å². The van der Waals surface area contributed by atoms with Crippen molar-refractivity contribution in [2.24, 2.45) is 0 Å². The highest BCUT2D eigenvalue weighted by atomic mass is 16.1. The van der Waals surface area contributed by atoms with Gasteiger partial charge in [0.05, 0.1) is 5.56 Å². The number of aromatic amines is 1. The van der Waals surface area contributed by atoms with Crippen LogP contribution in [-0.4, -0.2) is 17.0 Å². The lowest BCUT2D eigenvalue weighted by Gasteiger charge is -2.09. The van der Waals surface area contributed by atoms with Crippen LogP contribution in [0.15, 0.2) is 23.0 Å². The highest BCUT2D eigenvalue weighted by Crippen LogP contribution is 2.20. The van der Waals surface area contributed by atoms with E-state index in [1.54, 1.807) is 0 Å². The summed E-state index contributed by atoms with van der Waals surface area (Å²) < 4.78 is 0. The summed E-state index contributed by atoms with van der Waals surface area (Å²) in [5, 5.41) is 2.99. The molecule has 4 nitrogen and oxygen atoms in total. The van der Waals surface area contributed by atoms with Gasteiger partial charge >= 0.3 is 0 Å². The zero-order chi connectivity index (χ0) is 14.0. The van der Waals surface area contributed by atoms with Crippen molar-refractivity contribution in [1.82, 2.24) is 15.3 Å². The van der Waals surface area contributed by atoms with E-state index in [2.05, 4.69) is 21.4 Å². The van der Waals surface area contributed by atoms with Crippen LogP contribution in [0.5, 0.6) is 0 Å². The molecule has 0 bridgehead atoms. The van der Waals surface area contributed by atoms with Gasteiger partial charge in [0.1, 0.15) is 5.82 Å². The summed E-state index contributed by atoms with van der Waals surface area (Å²) in [7, 11) is 1.82. The first-order valence-corrected chi connectivity index (χ1v) is 6.35. The molecule has 2 aromatic rings. The Morgan fingerprint density at radius 3 is 2.63 bits per heavy atom. The van der Waals surface area contributed by atoms with Crippen LogP contribution in [0.25, 0.3) is 11.4 Å². The van der Waals surface area contributed by atoms with E-state index in [0.717, 1.165) is 22.4 Å². The SMILES string of the molecule is CNCc1c(C)nc(-c2cc(C)ccc2C)[nH]c1=O. The van der Waals surface area contributed by atoms with E-state index in [1.807, 2.05) is 40.0 Å². The molecule has 0 aliphatic carbocycles. The van der Waals surface area contributed by atoms with Gasteiger partial charge < -0.3 is 10.3 Å². The van der Waals surface area contributed by atoms with Gasteiger partial charge in [-0.2, -0.15) is 0 Å². The Labute approximate surface area is 112 Å². The van der Waals surface area contributed by atoms with E-state index in [4.69, 9.17) is 0 Å². The number of aryl methyl sites for hydroxylation is 3. The molecule has 1 aromatic heterocycles. The highest BCUT2D eigenvalue weighted by Gasteiger charge is 2.10. The van der Waals surface area contributed by atoms with Gasteiger partial charge in [0.15, 0.2) is 0 Å². The molecule has 4 heteroatoms. The number of nitrogens with one attached hydrogen (secondary N) is 2. The van der Waals surface area contributed by atoms with Crippen LogP contribution in [0.1, 0.15) is 22.4 Å². The van der Waals surface area contributed by atoms with Crippen LogP contribution in [0.3, 0.4) is 0 Å². The van der Waals surface area contributed by atoms with Gasteiger partial charge in [-0.05, 0) is 39.4 Å². The van der Waals surface area contributed by atoms with E-state index < -0.39 is 0 Å². The molecular weight excluding hydrogens is 238 g/mol. The smallest absolute Gasteiger partial charge is 0.255 e. The second-order valence-electron chi connectivity index (χ2n) is 4.83. The maximum atomic E-state index is 12.1. The molecule has 0 unspecified atom stereocenters. The second kappa shape index (κ2) is 5.36. The van der Waals surface area contributed by atoms with Crippen molar-refractivity contribution in [3.05, 3.63) is 50.9 Å². The summed E-state index contributed by atoms with van der Waals surface area (Å²) in [4.78, 5) is 19.5. The molecule has 0 amide bonds. The Kier molecular flexibility index (Phi) is 3.81. The first kappa shape index (κ1) is 13.5.